The molecule has 0 bridgehead atoms. The highest BCUT2D eigenvalue weighted by atomic mass is 32.1. The lowest BCUT2D eigenvalue weighted by Gasteiger charge is -2.37. The molecule has 1 aliphatic heterocycles. The molecule has 2 amide bonds. The van der Waals surface area contributed by atoms with Crippen LogP contribution in [0, 0.1) is 11.6 Å². The first-order valence-electron chi connectivity index (χ1n) is 8.28. The van der Waals surface area contributed by atoms with Crippen LogP contribution in [0.25, 0.3) is 0 Å². The summed E-state index contributed by atoms with van der Waals surface area (Å²) in [6.45, 7) is 3.98. The number of carbonyl (C=O) groups is 2. The van der Waals surface area contributed by atoms with Gasteiger partial charge in [0.05, 0.1) is 10.9 Å². The molecule has 1 unspecified atom stereocenters. The summed E-state index contributed by atoms with van der Waals surface area (Å²) < 4.78 is 26.2. The molecule has 1 N–H and O–H groups in total. The van der Waals surface area contributed by atoms with Crippen LogP contribution in [0.4, 0.5) is 14.5 Å². The summed E-state index contributed by atoms with van der Waals surface area (Å²) in [4.78, 5) is 29.2. The third-order valence-electron chi connectivity index (χ3n) is 4.45. The number of anilines is 1. The van der Waals surface area contributed by atoms with Crippen molar-refractivity contribution < 1.29 is 18.4 Å². The van der Waals surface area contributed by atoms with E-state index in [0.717, 1.165) is 12.1 Å². The number of benzene rings is 1. The number of thiophene rings is 1. The Kier molecular flexibility index (Phi) is 5.63. The lowest BCUT2D eigenvalue weighted by Crippen LogP contribution is -2.53. The maximum atomic E-state index is 13.2. The van der Waals surface area contributed by atoms with Crippen molar-refractivity contribution in [1.29, 1.82) is 0 Å². The number of rotatable bonds is 4. The van der Waals surface area contributed by atoms with Gasteiger partial charge in [-0.05, 0) is 30.5 Å². The van der Waals surface area contributed by atoms with Gasteiger partial charge in [-0.3, -0.25) is 14.5 Å². The maximum Gasteiger partial charge on any atom is 0.264 e. The van der Waals surface area contributed by atoms with Crippen molar-refractivity contribution in [2.75, 3.05) is 31.5 Å². The molecule has 0 radical (unpaired) electrons. The van der Waals surface area contributed by atoms with Gasteiger partial charge in [0.2, 0.25) is 5.91 Å². The summed E-state index contributed by atoms with van der Waals surface area (Å²) in [6.07, 6.45) is 0. The molecule has 1 fully saturated rings. The smallest absolute Gasteiger partial charge is 0.264 e. The van der Waals surface area contributed by atoms with E-state index in [1.54, 1.807) is 17.9 Å². The first-order valence-corrected chi connectivity index (χ1v) is 9.16. The Morgan fingerprint density at radius 3 is 2.46 bits per heavy atom. The van der Waals surface area contributed by atoms with Crippen molar-refractivity contribution in [2.24, 2.45) is 0 Å². The molecule has 1 atom stereocenters. The SMILES string of the molecule is CC(C(=O)Nc1ccc(F)c(F)c1)N1CCN(C(=O)c2cccs2)CC1. The number of carbonyl (C=O) groups excluding carboxylic acids is 2. The van der Waals surface area contributed by atoms with Gasteiger partial charge in [0.15, 0.2) is 11.6 Å². The van der Waals surface area contributed by atoms with Crippen LogP contribution in [-0.4, -0.2) is 53.8 Å². The predicted molar refractivity (Wildman–Crippen MR) is 96.2 cm³/mol. The first kappa shape index (κ1) is 18.5. The highest BCUT2D eigenvalue weighted by Gasteiger charge is 2.28. The minimum atomic E-state index is -1.00. The van der Waals surface area contributed by atoms with E-state index in [-0.39, 0.29) is 17.5 Å². The molecule has 138 valence electrons. The second kappa shape index (κ2) is 7.92. The van der Waals surface area contributed by atoms with E-state index in [2.05, 4.69) is 5.32 Å². The summed E-state index contributed by atoms with van der Waals surface area (Å²) in [5, 5.41) is 4.47. The van der Waals surface area contributed by atoms with Crippen LogP contribution in [0.3, 0.4) is 0 Å². The number of hydrogen-bond acceptors (Lipinski definition) is 4. The number of piperazine rings is 1. The molecule has 2 aromatic rings. The summed E-state index contributed by atoms with van der Waals surface area (Å²) in [6, 6.07) is 6.46. The predicted octanol–water partition coefficient (Wildman–Crippen LogP) is 2.81. The van der Waals surface area contributed by atoms with Gasteiger partial charge in [-0.15, -0.1) is 11.3 Å². The standard InChI is InChI=1S/C18H19F2N3O2S/c1-12(17(24)21-13-4-5-14(19)15(20)11-13)22-6-8-23(9-7-22)18(25)16-3-2-10-26-16/h2-5,10-12H,6-9H2,1H3,(H,21,24). The summed E-state index contributed by atoms with van der Waals surface area (Å²) in [7, 11) is 0. The molecule has 0 saturated carbocycles. The third kappa shape index (κ3) is 4.08. The van der Waals surface area contributed by atoms with Crippen LogP contribution in [0.5, 0.6) is 0 Å². The molecule has 1 aromatic heterocycles. The van der Waals surface area contributed by atoms with Gasteiger partial charge in [0.25, 0.3) is 5.91 Å². The largest absolute Gasteiger partial charge is 0.335 e. The molecule has 8 heteroatoms. The van der Waals surface area contributed by atoms with Crippen LogP contribution >= 0.6 is 11.3 Å². The number of nitrogens with one attached hydrogen (secondary N) is 1. The van der Waals surface area contributed by atoms with Crippen molar-refractivity contribution in [3.8, 4) is 0 Å². The zero-order chi connectivity index (χ0) is 18.7. The fraction of sp³-hybridized carbons (Fsp3) is 0.333. The lowest BCUT2D eigenvalue weighted by atomic mass is 10.2. The van der Waals surface area contributed by atoms with Crippen molar-refractivity contribution in [3.05, 3.63) is 52.2 Å². The van der Waals surface area contributed by atoms with E-state index in [9.17, 15) is 18.4 Å². The van der Waals surface area contributed by atoms with Crippen LogP contribution in [0.2, 0.25) is 0 Å². The quantitative estimate of drug-likeness (QED) is 0.889. The summed E-state index contributed by atoms with van der Waals surface area (Å²) >= 11 is 1.41. The highest BCUT2D eigenvalue weighted by Crippen LogP contribution is 2.17. The van der Waals surface area contributed by atoms with Gasteiger partial charge in [-0.25, -0.2) is 8.78 Å². The molecule has 0 aliphatic carbocycles. The number of halogens is 2. The van der Waals surface area contributed by atoms with Crippen LogP contribution in [0.15, 0.2) is 35.7 Å². The van der Waals surface area contributed by atoms with Crippen molar-refractivity contribution in [1.82, 2.24) is 9.80 Å². The Balaban J connectivity index is 1.54. The van der Waals surface area contributed by atoms with Crippen molar-refractivity contribution in [3.63, 3.8) is 0 Å². The Bertz CT molecular complexity index is 790. The molecule has 1 aromatic carbocycles. The van der Waals surface area contributed by atoms with Gasteiger partial charge in [-0.1, -0.05) is 6.07 Å². The van der Waals surface area contributed by atoms with Gasteiger partial charge in [0.1, 0.15) is 0 Å². The summed E-state index contributed by atoms with van der Waals surface area (Å²) in [5.41, 5.74) is 0.215. The molecule has 1 saturated heterocycles. The fourth-order valence-electron chi connectivity index (χ4n) is 2.85. The van der Waals surface area contributed by atoms with Crippen LogP contribution in [0.1, 0.15) is 16.6 Å². The van der Waals surface area contributed by atoms with E-state index in [0.29, 0.717) is 31.1 Å². The highest BCUT2D eigenvalue weighted by molar-refractivity contribution is 7.12. The topological polar surface area (TPSA) is 52.7 Å². The number of hydrogen-bond donors (Lipinski definition) is 1. The third-order valence-corrected chi connectivity index (χ3v) is 5.31. The second-order valence-electron chi connectivity index (χ2n) is 6.10. The molecular formula is C18H19F2N3O2S. The molecule has 3 rings (SSSR count). The van der Waals surface area contributed by atoms with E-state index >= 15 is 0 Å². The summed E-state index contributed by atoms with van der Waals surface area (Å²) in [5.74, 6) is -2.24. The minimum absolute atomic E-state index is 0.0125. The average molecular weight is 379 g/mol. The van der Waals surface area contributed by atoms with Crippen molar-refractivity contribution >= 4 is 28.8 Å². The Morgan fingerprint density at radius 1 is 1.12 bits per heavy atom. The zero-order valence-corrected chi connectivity index (χ0v) is 15.1. The van der Waals surface area contributed by atoms with E-state index in [1.165, 1.54) is 17.4 Å². The van der Waals surface area contributed by atoms with Crippen LogP contribution in [-0.2, 0) is 4.79 Å². The Hall–Kier alpha value is -2.32. The molecule has 1 aliphatic rings. The molecule has 26 heavy (non-hydrogen) atoms. The lowest BCUT2D eigenvalue weighted by molar-refractivity contribution is -0.121. The van der Waals surface area contributed by atoms with Gasteiger partial charge in [0, 0.05) is 37.9 Å². The minimum Gasteiger partial charge on any atom is -0.335 e. The van der Waals surface area contributed by atoms with Crippen molar-refractivity contribution in [2.45, 2.75) is 13.0 Å². The average Bonchev–Trinajstić information content (AvgIpc) is 3.18. The normalized spacial score (nSPS) is 16.3. The Labute approximate surface area is 154 Å². The molecule has 2 heterocycles. The van der Waals surface area contributed by atoms with E-state index in [1.807, 2.05) is 16.3 Å². The number of amides is 2. The monoisotopic (exact) mass is 379 g/mol. The van der Waals surface area contributed by atoms with E-state index in [4.69, 9.17) is 0 Å². The number of nitrogens with zero attached hydrogens (tertiary/aromatic N) is 2. The van der Waals surface area contributed by atoms with Gasteiger partial charge < -0.3 is 10.2 Å². The molecule has 5 nitrogen and oxygen atoms in total. The van der Waals surface area contributed by atoms with Gasteiger partial charge in [-0.2, -0.15) is 0 Å². The molecular weight excluding hydrogens is 360 g/mol. The first-order chi connectivity index (χ1) is 12.5. The van der Waals surface area contributed by atoms with Gasteiger partial charge >= 0.3 is 0 Å². The van der Waals surface area contributed by atoms with E-state index < -0.39 is 17.7 Å². The zero-order valence-electron chi connectivity index (χ0n) is 14.2. The fourth-order valence-corrected chi connectivity index (χ4v) is 3.55. The molecule has 0 spiro atoms. The Morgan fingerprint density at radius 2 is 1.85 bits per heavy atom. The maximum absolute atomic E-state index is 13.2. The van der Waals surface area contributed by atoms with Crippen LogP contribution < -0.4 is 5.32 Å². The second-order valence-corrected chi connectivity index (χ2v) is 7.05.